The van der Waals surface area contributed by atoms with E-state index < -0.39 is 0 Å². The zero-order valence-corrected chi connectivity index (χ0v) is 15.2. The Hall–Kier alpha value is -0.650. The number of urea groups is 1. The fourth-order valence-electron chi connectivity index (χ4n) is 5.73. The van der Waals surface area contributed by atoms with E-state index in [2.05, 4.69) is 15.1 Å². The molecule has 2 saturated heterocycles. The van der Waals surface area contributed by atoms with Crippen LogP contribution in [0.25, 0.3) is 0 Å². The van der Waals surface area contributed by atoms with Gasteiger partial charge in [-0.1, -0.05) is 12.8 Å². The van der Waals surface area contributed by atoms with Gasteiger partial charge < -0.3 is 5.32 Å². The van der Waals surface area contributed by atoms with Crippen LogP contribution in [-0.2, 0) is 0 Å². The summed E-state index contributed by atoms with van der Waals surface area (Å²) in [5.41, 5.74) is 0. The molecule has 24 heavy (non-hydrogen) atoms. The van der Waals surface area contributed by atoms with Gasteiger partial charge in [0.15, 0.2) is 0 Å². The van der Waals surface area contributed by atoms with Gasteiger partial charge in [0.25, 0.3) is 0 Å². The van der Waals surface area contributed by atoms with Crippen molar-refractivity contribution in [1.82, 2.24) is 15.1 Å². The van der Waals surface area contributed by atoms with E-state index in [4.69, 9.17) is 0 Å². The summed E-state index contributed by atoms with van der Waals surface area (Å²) in [5, 5.41) is 3.47. The third-order valence-electron chi connectivity index (χ3n) is 7.21. The molecule has 5 nitrogen and oxygen atoms in total. The molecule has 0 radical (unpaired) electrons. The minimum Gasteiger partial charge on any atom is -0.306 e. The number of hydrogen-bond donors (Lipinski definition) is 1. The third kappa shape index (κ3) is 3.11. The van der Waals surface area contributed by atoms with E-state index in [0.29, 0.717) is 12.1 Å². The summed E-state index contributed by atoms with van der Waals surface area (Å²) in [6.07, 6.45) is 10.7. The highest BCUT2D eigenvalue weighted by molar-refractivity contribution is 5.68. The number of rotatable bonds is 2. The first-order valence-electron chi connectivity index (χ1n) is 10.4. The fraction of sp³-hybridized carbons (Fsp3) is 0.947. The molecule has 2 saturated carbocycles. The van der Waals surface area contributed by atoms with Crippen LogP contribution >= 0.6 is 0 Å². The Kier molecular flexibility index (Phi) is 5.11. The van der Waals surface area contributed by atoms with Crippen molar-refractivity contribution < 1.29 is 9.28 Å². The molecule has 2 aliphatic carbocycles. The SMILES string of the molecule is O=C(N1CCN(C2CCCC2)CC1)[N+]1(C2CCCC2)CCNCC1. The maximum absolute atomic E-state index is 13.5. The van der Waals surface area contributed by atoms with Crippen molar-refractivity contribution in [2.45, 2.75) is 63.5 Å². The molecule has 0 unspecified atom stereocenters. The van der Waals surface area contributed by atoms with Gasteiger partial charge in [-0.2, -0.15) is 0 Å². The second kappa shape index (κ2) is 7.30. The van der Waals surface area contributed by atoms with Gasteiger partial charge >= 0.3 is 6.03 Å². The molecule has 0 spiro atoms. The van der Waals surface area contributed by atoms with Crippen molar-refractivity contribution in [3.05, 3.63) is 0 Å². The number of carbonyl (C=O) groups excluding carboxylic acids is 1. The molecule has 0 aromatic carbocycles. The second-order valence-electron chi connectivity index (χ2n) is 8.41. The van der Waals surface area contributed by atoms with Crippen molar-refractivity contribution in [3.63, 3.8) is 0 Å². The lowest BCUT2D eigenvalue weighted by Gasteiger charge is -2.47. The Labute approximate surface area is 146 Å². The Bertz CT molecular complexity index is 429. The summed E-state index contributed by atoms with van der Waals surface area (Å²) in [4.78, 5) is 18.4. The van der Waals surface area contributed by atoms with Crippen LogP contribution in [0.5, 0.6) is 0 Å². The van der Waals surface area contributed by atoms with Crippen LogP contribution in [0.4, 0.5) is 4.79 Å². The number of nitrogens with zero attached hydrogens (tertiary/aromatic N) is 3. The highest BCUT2D eigenvalue weighted by Crippen LogP contribution is 2.32. The molecule has 0 aromatic rings. The predicted molar refractivity (Wildman–Crippen MR) is 95.9 cm³/mol. The van der Waals surface area contributed by atoms with Gasteiger partial charge in [0.05, 0.1) is 6.04 Å². The molecule has 0 bridgehead atoms. The molecule has 136 valence electrons. The summed E-state index contributed by atoms with van der Waals surface area (Å²) in [5.74, 6) is 0. The standard InChI is InChI=1S/C19H35N4O/c24-19(22-13-11-21(12-14-22)17-5-1-2-6-17)23(15-9-20-10-16-23)18-7-3-4-8-18/h17-18,20H,1-16H2/q+1. The third-order valence-corrected chi connectivity index (χ3v) is 7.21. The van der Waals surface area contributed by atoms with Crippen LogP contribution in [0, 0.1) is 0 Å². The van der Waals surface area contributed by atoms with Gasteiger partial charge in [-0.3, -0.25) is 9.80 Å². The Balaban J connectivity index is 1.41. The van der Waals surface area contributed by atoms with Crippen LogP contribution in [0.3, 0.4) is 0 Å². The lowest BCUT2D eigenvalue weighted by molar-refractivity contribution is -0.880. The molecule has 2 aliphatic heterocycles. The zero-order chi connectivity index (χ0) is 16.4. The second-order valence-corrected chi connectivity index (χ2v) is 8.41. The van der Waals surface area contributed by atoms with Crippen molar-refractivity contribution >= 4 is 6.03 Å². The molecule has 0 atom stereocenters. The van der Waals surface area contributed by atoms with E-state index in [1.165, 1.54) is 51.4 Å². The van der Waals surface area contributed by atoms with Crippen LogP contribution in [-0.4, -0.2) is 84.8 Å². The first-order valence-corrected chi connectivity index (χ1v) is 10.4. The maximum Gasteiger partial charge on any atom is 0.419 e. The average Bonchev–Trinajstić information content (AvgIpc) is 3.35. The highest BCUT2D eigenvalue weighted by atomic mass is 16.2. The largest absolute Gasteiger partial charge is 0.419 e. The van der Waals surface area contributed by atoms with Crippen molar-refractivity contribution in [1.29, 1.82) is 0 Å². The number of amides is 2. The van der Waals surface area contributed by atoms with E-state index in [0.717, 1.165) is 62.9 Å². The normalized spacial score (nSPS) is 30.1. The maximum atomic E-state index is 13.5. The Morgan fingerprint density at radius 1 is 0.833 bits per heavy atom. The number of piperazine rings is 2. The fourth-order valence-corrected chi connectivity index (χ4v) is 5.73. The number of hydrogen-bond acceptors (Lipinski definition) is 3. The topological polar surface area (TPSA) is 35.6 Å². The van der Waals surface area contributed by atoms with Gasteiger partial charge in [-0.15, -0.1) is 0 Å². The van der Waals surface area contributed by atoms with E-state index in [-0.39, 0.29) is 0 Å². The number of nitrogens with one attached hydrogen (secondary N) is 1. The number of quaternary nitrogens is 1. The van der Waals surface area contributed by atoms with E-state index in [1.807, 2.05) is 0 Å². The minimum atomic E-state index is 0.453. The molecule has 1 N–H and O–H groups in total. The minimum absolute atomic E-state index is 0.453. The molecular formula is C19H35N4O+. The van der Waals surface area contributed by atoms with E-state index in [1.54, 1.807) is 0 Å². The molecule has 5 heteroatoms. The van der Waals surface area contributed by atoms with E-state index >= 15 is 0 Å². The van der Waals surface area contributed by atoms with Crippen LogP contribution in [0.2, 0.25) is 0 Å². The Morgan fingerprint density at radius 3 is 2.04 bits per heavy atom. The quantitative estimate of drug-likeness (QED) is 0.785. The predicted octanol–water partition coefficient (Wildman–Crippen LogP) is 2.03. The summed E-state index contributed by atoms with van der Waals surface area (Å²) < 4.78 is 0.760. The first-order chi connectivity index (χ1) is 11.8. The van der Waals surface area contributed by atoms with Gasteiger partial charge in [-0.05, 0) is 38.5 Å². The average molecular weight is 336 g/mol. The van der Waals surface area contributed by atoms with Crippen LogP contribution in [0.15, 0.2) is 0 Å². The lowest BCUT2D eigenvalue weighted by atomic mass is 10.1. The van der Waals surface area contributed by atoms with Crippen LogP contribution in [0.1, 0.15) is 51.4 Å². The van der Waals surface area contributed by atoms with Crippen LogP contribution < -0.4 is 5.32 Å². The molecule has 2 heterocycles. The van der Waals surface area contributed by atoms with E-state index in [9.17, 15) is 4.79 Å². The summed E-state index contributed by atoms with van der Waals surface area (Å²) in [7, 11) is 0. The molecule has 4 rings (SSSR count). The highest BCUT2D eigenvalue weighted by Gasteiger charge is 2.48. The monoisotopic (exact) mass is 335 g/mol. The summed E-state index contributed by atoms with van der Waals surface area (Å²) >= 11 is 0. The van der Waals surface area contributed by atoms with Gasteiger partial charge in [0.2, 0.25) is 0 Å². The van der Waals surface area contributed by atoms with Gasteiger partial charge in [0, 0.05) is 45.3 Å². The lowest BCUT2D eigenvalue weighted by Crippen LogP contribution is -2.70. The summed E-state index contributed by atoms with van der Waals surface area (Å²) in [6.45, 7) is 8.12. The zero-order valence-electron chi connectivity index (χ0n) is 15.2. The number of carbonyl (C=O) groups is 1. The molecule has 0 aromatic heterocycles. The molecule has 4 fully saturated rings. The van der Waals surface area contributed by atoms with Gasteiger partial charge in [0.1, 0.15) is 13.1 Å². The summed E-state index contributed by atoms with van der Waals surface area (Å²) in [6, 6.07) is 1.85. The molecular weight excluding hydrogens is 300 g/mol. The van der Waals surface area contributed by atoms with Crippen molar-refractivity contribution in [2.24, 2.45) is 0 Å². The van der Waals surface area contributed by atoms with Gasteiger partial charge in [-0.25, -0.2) is 9.28 Å². The molecule has 2 amide bonds. The smallest absolute Gasteiger partial charge is 0.306 e. The van der Waals surface area contributed by atoms with Crippen molar-refractivity contribution in [3.8, 4) is 0 Å². The molecule has 4 aliphatic rings. The first kappa shape index (κ1) is 16.8. The van der Waals surface area contributed by atoms with Crippen molar-refractivity contribution in [2.75, 3.05) is 52.4 Å². The Morgan fingerprint density at radius 2 is 1.42 bits per heavy atom.